The van der Waals surface area contributed by atoms with Crippen molar-refractivity contribution >= 4 is 30.2 Å². The van der Waals surface area contributed by atoms with Gasteiger partial charge in [-0.2, -0.15) is 5.10 Å². The van der Waals surface area contributed by atoms with Crippen LogP contribution in [0.3, 0.4) is 0 Å². The van der Waals surface area contributed by atoms with E-state index in [9.17, 15) is 0 Å². The van der Waals surface area contributed by atoms with Crippen LogP contribution in [0.2, 0.25) is 0 Å². The van der Waals surface area contributed by atoms with Gasteiger partial charge in [-0.05, 0) is 0 Å². The number of hydrogen-bond donors (Lipinski definition) is 1. The molecule has 0 saturated carbocycles. The Labute approximate surface area is 105 Å². The predicted molar refractivity (Wildman–Crippen MR) is 74.3 cm³/mol. The van der Waals surface area contributed by atoms with E-state index in [2.05, 4.69) is 35.0 Å². The van der Waals surface area contributed by atoms with Crippen LogP contribution >= 0.6 is 0 Å². The molecule has 3 aromatic rings. The topological polar surface area (TPSA) is 69.6 Å². The molecule has 1 aromatic carbocycles. The largest absolute Gasteiger partial charge is 0.383 e. The smallest absolute Gasteiger partial charge is 0.163 e. The van der Waals surface area contributed by atoms with E-state index in [1.165, 1.54) is 11.8 Å². The summed E-state index contributed by atoms with van der Waals surface area (Å²) >= 11 is 0. The maximum absolute atomic E-state index is 5.93. The van der Waals surface area contributed by atoms with Gasteiger partial charge in [-0.1, -0.05) is 29.7 Å². The molecule has 0 aliphatic rings. The number of rotatable bonds is 1. The Morgan fingerprint density at radius 2 is 1.89 bits per heavy atom. The second-order valence-corrected chi connectivity index (χ2v) is 4.30. The van der Waals surface area contributed by atoms with E-state index in [0.29, 0.717) is 5.82 Å². The molecule has 0 saturated heterocycles. The van der Waals surface area contributed by atoms with Crippen LogP contribution in [-0.4, -0.2) is 27.6 Å². The Morgan fingerprint density at radius 1 is 1.17 bits per heavy atom. The molecule has 0 amide bonds. The van der Waals surface area contributed by atoms with Crippen molar-refractivity contribution in [3.8, 4) is 11.3 Å². The molecule has 3 rings (SSSR count). The highest BCUT2D eigenvalue weighted by Gasteiger charge is 2.14. The summed E-state index contributed by atoms with van der Waals surface area (Å²) in [7, 11) is 3.91. The van der Waals surface area contributed by atoms with Crippen molar-refractivity contribution in [1.29, 1.82) is 0 Å². The van der Waals surface area contributed by atoms with Gasteiger partial charge in [0.2, 0.25) is 0 Å². The summed E-state index contributed by atoms with van der Waals surface area (Å²) < 4.78 is 1.72. The first-order chi connectivity index (χ1) is 8.66. The lowest BCUT2D eigenvalue weighted by atomic mass is 9.94. The van der Waals surface area contributed by atoms with E-state index in [4.69, 9.17) is 5.73 Å². The fourth-order valence-corrected chi connectivity index (χ4v) is 2.02. The van der Waals surface area contributed by atoms with Crippen molar-refractivity contribution in [2.45, 2.75) is 0 Å². The zero-order valence-electron chi connectivity index (χ0n) is 10.3. The molecule has 0 aliphatic carbocycles. The van der Waals surface area contributed by atoms with Crippen LogP contribution in [-0.2, 0) is 7.05 Å². The standard InChI is InChI=1S/C12H12BN5/c1-18-12-9(11(14)15-6-16-12)10(17-18)7-2-4-8(13)5-3-7/h2-6H,13H2,1H3,(H2,14,15,16). The number of nitrogens with zero attached hydrogens (tertiary/aromatic N) is 4. The first kappa shape index (κ1) is 10.8. The maximum atomic E-state index is 5.93. The fraction of sp³-hybridized carbons (Fsp3) is 0.0833. The molecule has 2 N–H and O–H groups in total. The van der Waals surface area contributed by atoms with Gasteiger partial charge in [0.15, 0.2) is 5.65 Å². The Morgan fingerprint density at radius 3 is 2.61 bits per heavy atom. The van der Waals surface area contributed by atoms with Gasteiger partial charge in [-0.15, -0.1) is 0 Å². The highest BCUT2D eigenvalue weighted by atomic mass is 15.3. The lowest BCUT2D eigenvalue weighted by Crippen LogP contribution is -1.99. The predicted octanol–water partition coefficient (Wildman–Crippen LogP) is -0.129. The number of nitrogens with two attached hydrogens (primary N) is 1. The monoisotopic (exact) mass is 237 g/mol. The Kier molecular flexibility index (Phi) is 2.29. The number of aryl methyl sites for hydroxylation is 1. The van der Waals surface area contributed by atoms with Gasteiger partial charge in [0.1, 0.15) is 25.7 Å². The van der Waals surface area contributed by atoms with Gasteiger partial charge in [0.25, 0.3) is 0 Å². The van der Waals surface area contributed by atoms with E-state index < -0.39 is 0 Å². The number of nitrogen functional groups attached to an aromatic ring is 1. The minimum absolute atomic E-state index is 0.462. The molecule has 0 unspecified atom stereocenters. The lowest BCUT2D eigenvalue weighted by molar-refractivity contribution is 0.789. The molecule has 5 nitrogen and oxygen atoms in total. The third-order valence-corrected chi connectivity index (χ3v) is 2.97. The van der Waals surface area contributed by atoms with Crippen molar-refractivity contribution in [3.05, 3.63) is 30.6 Å². The summed E-state index contributed by atoms with van der Waals surface area (Å²) in [5.74, 6) is 0.462. The van der Waals surface area contributed by atoms with Crippen LogP contribution in [0.25, 0.3) is 22.3 Å². The SMILES string of the molecule is Bc1ccc(-c2nn(C)c3ncnc(N)c23)cc1. The minimum Gasteiger partial charge on any atom is -0.383 e. The van der Waals surface area contributed by atoms with Crippen LogP contribution in [0.5, 0.6) is 0 Å². The number of anilines is 1. The average Bonchev–Trinajstić information content (AvgIpc) is 2.70. The maximum Gasteiger partial charge on any atom is 0.163 e. The Hall–Kier alpha value is -2.37. The summed E-state index contributed by atoms with van der Waals surface area (Å²) in [6.07, 6.45) is 1.46. The number of hydrogen-bond acceptors (Lipinski definition) is 4. The van der Waals surface area contributed by atoms with Crippen LogP contribution in [0, 0.1) is 0 Å². The first-order valence-corrected chi connectivity index (χ1v) is 5.67. The summed E-state index contributed by atoms with van der Waals surface area (Å²) in [5, 5.41) is 5.29. The molecular formula is C12H12BN5. The van der Waals surface area contributed by atoms with Gasteiger partial charge in [-0.25, -0.2) is 14.6 Å². The number of aromatic nitrogens is 4. The van der Waals surface area contributed by atoms with Gasteiger partial charge in [0, 0.05) is 12.6 Å². The van der Waals surface area contributed by atoms with E-state index >= 15 is 0 Å². The fourth-order valence-electron chi connectivity index (χ4n) is 2.02. The summed E-state index contributed by atoms with van der Waals surface area (Å²) in [6.45, 7) is 0. The quantitative estimate of drug-likeness (QED) is 0.598. The van der Waals surface area contributed by atoms with Gasteiger partial charge < -0.3 is 5.73 Å². The average molecular weight is 237 g/mol. The van der Waals surface area contributed by atoms with E-state index in [0.717, 1.165) is 22.3 Å². The van der Waals surface area contributed by atoms with Gasteiger partial charge >= 0.3 is 0 Å². The van der Waals surface area contributed by atoms with E-state index in [1.54, 1.807) is 4.68 Å². The highest BCUT2D eigenvalue weighted by molar-refractivity contribution is 6.32. The number of benzene rings is 1. The third-order valence-electron chi connectivity index (χ3n) is 2.97. The summed E-state index contributed by atoms with van der Waals surface area (Å²) in [5.41, 5.74) is 9.74. The van der Waals surface area contributed by atoms with E-state index in [1.807, 2.05) is 19.2 Å². The van der Waals surface area contributed by atoms with Crippen molar-refractivity contribution in [2.24, 2.45) is 7.05 Å². The molecular weight excluding hydrogens is 225 g/mol. The molecule has 0 atom stereocenters. The van der Waals surface area contributed by atoms with Crippen molar-refractivity contribution < 1.29 is 0 Å². The molecule has 88 valence electrons. The molecule has 0 fully saturated rings. The zero-order chi connectivity index (χ0) is 12.7. The molecule has 2 aromatic heterocycles. The second kappa shape index (κ2) is 3.84. The van der Waals surface area contributed by atoms with Crippen molar-refractivity contribution in [3.63, 3.8) is 0 Å². The first-order valence-electron chi connectivity index (χ1n) is 5.67. The molecule has 0 spiro atoms. The normalized spacial score (nSPS) is 10.9. The highest BCUT2D eigenvalue weighted by Crippen LogP contribution is 2.28. The zero-order valence-corrected chi connectivity index (χ0v) is 10.3. The van der Waals surface area contributed by atoms with Gasteiger partial charge in [0.05, 0.1) is 5.39 Å². The van der Waals surface area contributed by atoms with Crippen LogP contribution in [0.4, 0.5) is 5.82 Å². The summed E-state index contributed by atoms with van der Waals surface area (Å²) in [6, 6.07) is 8.17. The van der Waals surface area contributed by atoms with Crippen molar-refractivity contribution in [1.82, 2.24) is 19.7 Å². The minimum atomic E-state index is 0.462. The third kappa shape index (κ3) is 1.54. The second-order valence-electron chi connectivity index (χ2n) is 4.30. The van der Waals surface area contributed by atoms with Crippen LogP contribution in [0.1, 0.15) is 0 Å². The molecule has 2 heterocycles. The van der Waals surface area contributed by atoms with Crippen LogP contribution in [0.15, 0.2) is 30.6 Å². The molecule has 0 bridgehead atoms. The van der Waals surface area contributed by atoms with Crippen molar-refractivity contribution in [2.75, 3.05) is 5.73 Å². The molecule has 6 heteroatoms. The molecule has 18 heavy (non-hydrogen) atoms. The molecule has 0 aliphatic heterocycles. The number of fused-ring (bicyclic) bond motifs is 1. The summed E-state index contributed by atoms with van der Waals surface area (Å²) in [4.78, 5) is 8.25. The lowest BCUT2D eigenvalue weighted by Gasteiger charge is -2.00. The Bertz CT molecular complexity index is 717. The van der Waals surface area contributed by atoms with Crippen LogP contribution < -0.4 is 11.2 Å². The van der Waals surface area contributed by atoms with Gasteiger partial charge in [-0.3, -0.25) is 0 Å². The van der Waals surface area contributed by atoms with E-state index in [-0.39, 0.29) is 0 Å². The molecule has 0 radical (unpaired) electrons. The Balaban J connectivity index is 2.32.